The number of nitrogens with zero attached hydrogens (tertiary/aromatic N) is 3. The molecule has 4 nitrogen and oxygen atoms in total. The van der Waals surface area contributed by atoms with E-state index < -0.39 is 0 Å². The molecule has 0 saturated carbocycles. The molecule has 0 bridgehead atoms. The maximum absolute atomic E-state index is 6.47. The zero-order valence-electron chi connectivity index (χ0n) is 22.8. The van der Waals surface area contributed by atoms with E-state index in [9.17, 15) is 0 Å². The number of hydrogen-bond acceptors (Lipinski definition) is 4. The van der Waals surface area contributed by atoms with Crippen molar-refractivity contribution < 1.29 is 4.42 Å². The van der Waals surface area contributed by atoms with Gasteiger partial charge in [-0.3, -0.25) is 4.57 Å². The Hall–Kier alpha value is -5.52. The summed E-state index contributed by atoms with van der Waals surface area (Å²) in [4.78, 5) is 10.6. The van der Waals surface area contributed by atoms with E-state index in [-0.39, 0.29) is 0 Å². The molecular weight excluding hydrogens is 547 g/mol. The molecular formula is C38H21N3OS. The lowest BCUT2D eigenvalue weighted by molar-refractivity contribution is 0.672. The fourth-order valence-electron chi connectivity index (χ4n) is 6.66. The van der Waals surface area contributed by atoms with Crippen LogP contribution in [0.4, 0.5) is 0 Å². The molecule has 10 aromatic rings. The van der Waals surface area contributed by atoms with Crippen molar-refractivity contribution in [3.63, 3.8) is 0 Å². The first kappa shape index (κ1) is 23.1. The fraction of sp³-hybridized carbons (Fsp3) is 0. The molecule has 0 atom stereocenters. The van der Waals surface area contributed by atoms with Crippen LogP contribution in [0.3, 0.4) is 0 Å². The molecule has 43 heavy (non-hydrogen) atoms. The Morgan fingerprint density at radius 3 is 2.23 bits per heavy atom. The zero-order chi connectivity index (χ0) is 28.1. The highest BCUT2D eigenvalue weighted by atomic mass is 32.1. The molecule has 0 saturated heterocycles. The summed E-state index contributed by atoms with van der Waals surface area (Å²) >= 11 is 1.75. The molecule has 0 aliphatic carbocycles. The van der Waals surface area contributed by atoms with Crippen LogP contribution in [0.5, 0.6) is 0 Å². The Bertz CT molecular complexity index is 2730. The van der Waals surface area contributed by atoms with Crippen molar-refractivity contribution in [2.45, 2.75) is 0 Å². The molecule has 5 heteroatoms. The van der Waals surface area contributed by atoms with E-state index in [1.807, 2.05) is 18.2 Å². The summed E-state index contributed by atoms with van der Waals surface area (Å²) in [7, 11) is 0. The van der Waals surface area contributed by atoms with Crippen LogP contribution in [-0.4, -0.2) is 14.5 Å². The van der Waals surface area contributed by atoms with Crippen LogP contribution in [0.15, 0.2) is 132 Å². The van der Waals surface area contributed by atoms with Crippen LogP contribution < -0.4 is 0 Å². The van der Waals surface area contributed by atoms with E-state index in [0.717, 1.165) is 70.6 Å². The molecule has 4 heterocycles. The van der Waals surface area contributed by atoms with Crippen molar-refractivity contribution in [1.82, 2.24) is 14.5 Å². The lowest BCUT2D eigenvalue weighted by Gasteiger charge is -2.10. The number of aromatic nitrogens is 3. The van der Waals surface area contributed by atoms with Crippen molar-refractivity contribution >= 4 is 86.2 Å². The quantitative estimate of drug-likeness (QED) is 0.209. The third-order valence-corrected chi connectivity index (χ3v) is 9.77. The first-order valence-electron chi connectivity index (χ1n) is 14.3. The predicted octanol–water partition coefficient (Wildman–Crippen LogP) is 10.7. The maximum Gasteiger partial charge on any atom is 0.235 e. The molecule has 6 aromatic carbocycles. The lowest BCUT2D eigenvalue weighted by atomic mass is 10.0. The highest BCUT2D eigenvalue weighted by molar-refractivity contribution is 7.26. The molecule has 0 unspecified atom stereocenters. The summed E-state index contributed by atoms with van der Waals surface area (Å²) in [6, 6.07) is 44.7. The van der Waals surface area contributed by atoms with Gasteiger partial charge in [0.1, 0.15) is 11.2 Å². The van der Waals surface area contributed by atoms with Crippen molar-refractivity contribution in [2.75, 3.05) is 0 Å². The van der Waals surface area contributed by atoms with E-state index in [1.165, 1.54) is 15.5 Å². The minimum Gasteiger partial charge on any atom is -0.455 e. The number of rotatable bonds is 2. The van der Waals surface area contributed by atoms with Gasteiger partial charge in [-0.05, 0) is 41.8 Å². The first-order chi connectivity index (χ1) is 21.3. The molecule has 0 fully saturated rings. The number of fused-ring (bicyclic) bond motifs is 11. The normalized spacial score (nSPS) is 12.2. The average molecular weight is 568 g/mol. The number of para-hydroxylation sites is 2. The van der Waals surface area contributed by atoms with Gasteiger partial charge in [-0.15, -0.1) is 11.3 Å². The molecule has 0 N–H and O–H groups in total. The van der Waals surface area contributed by atoms with Crippen molar-refractivity contribution in [1.29, 1.82) is 0 Å². The standard InChI is InChI=1S/C38H21N3OS/c1-2-10-22(11-3-1)34-37-35(27-14-6-9-17-33(27)43-37)40-38(39-34)41-30-15-7-4-12-24(30)29-20-23-18-19-26-25-13-5-8-16-32(25)42-36(26)28(23)21-31(29)41/h1-21H. The van der Waals surface area contributed by atoms with Gasteiger partial charge in [0.25, 0.3) is 0 Å². The SMILES string of the molecule is c1ccc(-c2nc(-n3c4ccccc4c4cc5ccc6c7ccccc7oc6c5cc43)nc3c2sc2ccccc23)cc1. The molecule has 4 aromatic heterocycles. The van der Waals surface area contributed by atoms with Crippen LogP contribution in [0, 0.1) is 0 Å². The van der Waals surface area contributed by atoms with E-state index >= 15 is 0 Å². The van der Waals surface area contributed by atoms with Crippen molar-refractivity contribution in [2.24, 2.45) is 0 Å². The van der Waals surface area contributed by atoms with E-state index in [4.69, 9.17) is 14.4 Å². The maximum atomic E-state index is 6.47. The van der Waals surface area contributed by atoms with Gasteiger partial charge in [-0.2, -0.15) is 0 Å². The molecule has 0 amide bonds. The van der Waals surface area contributed by atoms with Crippen LogP contribution in [0.1, 0.15) is 0 Å². The Labute approximate surface area is 249 Å². The van der Waals surface area contributed by atoms with Gasteiger partial charge in [-0.25, -0.2) is 9.97 Å². The second-order valence-corrected chi connectivity index (χ2v) is 12.0. The zero-order valence-corrected chi connectivity index (χ0v) is 23.6. The van der Waals surface area contributed by atoms with Crippen LogP contribution >= 0.6 is 11.3 Å². The summed E-state index contributed by atoms with van der Waals surface area (Å²) < 4.78 is 11.0. The highest BCUT2D eigenvalue weighted by Gasteiger charge is 2.21. The van der Waals surface area contributed by atoms with Gasteiger partial charge in [-0.1, -0.05) is 91.0 Å². The number of benzene rings is 6. The van der Waals surface area contributed by atoms with Crippen LogP contribution in [0.25, 0.3) is 92.0 Å². The van der Waals surface area contributed by atoms with E-state index in [0.29, 0.717) is 5.95 Å². The Balaban J connectivity index is 1.37. The summed E-state index contributed by atoms with van der Waals surface area (Å²) in [6.45, 7) is 0. The summed E-state index contributed by atoms with van der Waals surface area (Å²) in [5, 5.41) is 7.97. The minimum absolute atomic E-state index is 0.664. The monoisotopic (exact) mass is 567 g/mol. The summed E-state index contributed by atoms with van der Waals surface area (Å²) in [5.41, 5.74) is 6.95. The molecule has 0 aliphatic heterocycles. The second kappa shape index (κ2) is 8.51. The topological polar surface area (TPSA) is 43.9 Å². The molecule has 10 rings (SSSR count). The van der Waals surface area contributed by atoms with Gasteiger partial charge in [0.15, 0.2) is 0 Å². The van der Waals surface area contributed by atoms with Gasteiger partial charge in [0.2, 0.25) is 5.95 Å². The third kappa shape index (κ3) is 3.20. The Morgan fingerprint density at radius 1 is 0.558 bits per heavy atom. The Kier molecular flexibility index (Phi) is 4.57. The largest absolute Gasteiger partial charge is 0.455 e. The molecule has 0 aliphatic rings. The van der Waals surface area contributed by atoms with Gasteiger partial charge < -0.3 is 4.42 Å². The summed E-state index contributed by atoms with van der Waals surface area (Å²) in [5.74, 6) is 0.664. The molecule has 0 radical (unpaired) electrons. The molecule has 0 spiro atoms. The van der Waals surface area contributed by atoms with Gasteiger partial charge in [0, 0.05) is 42.6 Å². The van der Waals surface area contributed by atoms with Crippen LogP contribution in [-0.2, 0) is 0 Å². The Morgan fingerprint density at radius 2 is 1.33 bits per heavy atom. The second-order valence-electron chi connectivity index (χ2n) is 11.0. The van der Waals surface area contributed by atoms with Crippen LogP contribution in [0.2, 0.25) is 0 Å². The van der Waals surface area contributed by atoms with Crippen molar-refractivity contribution in [3.05, 3.63) is 127 Å². The lowest BCUT2D eigenvalue weighted by Crippen LogP contribution is -2.02. The minimum atomic E-state index is 0.664. The number of thiophene rings is 1. The van der Waals surface area contributed by atoms with Gasteiger partial charge in [0.05, 0.1) is 26.9 Å². The first-order valence-corrected chi connectivity index (χ1v) is 15.2. The highest BCUT2D eigenvalue weighted by Crippen LogP contribution is 2.42. The summed E-state index contributed by atoms with van der Waals surface area (Å²) in [6.07, 6.45) is 0. The number of furan rings is 1. The fourth-order valence-corrected chi connectivity index (χ4v) is 7.81. The van der Waals surface area contributed by atoms with Gasteiger partial charge >= 0.3 is 0 Å². The average Bonchev–Trinajstić information content (AvgIpc) is 3.73. The third-order valence-electron chi connectivity index (χ3n) is 8.61. The van der Waals surface area contributed by atoms with E-state index in [1.54, 1.807) is 11.3 Å². The number of hydrogen-bond donors (Lipinski definition) is 0. The van der Waals surface area contributed by atoms with Crippen molar-refractivity contribution in [3.8, 4) is 17.2 Å². The smallest absolute Gasteiger partial charge is 0.235 e. The van der Waals surface area contributed by atoms with E-state index in [2.05, 4.69) is 114 Å². The molecule has 200 valence electrons. The predicted molar refractivity (Wildman–Crippen MR) is 179 cm³/mol.